The van der Waals surface area contributed by atoms with Gasteiger partial charge in [-0.25, -0.2) is 4.98 Å². The number of rotatable bonds is 2. The van der Waals surface area contributed by atoms with Gasteiger partial charge in [0.2, 0.25) is 0 Å². The van der Waals surface area contributed by atoms with Crippen molar-refractivity contribution in [1.82, 2.24) is 14.3 Å². The molecular formula is C15H21N3OS. The van der Waals surface area contributed by atoms with Crippen molar-refractivity contribution in [2.45, 2.75) is 52.0 Å². The Morgan fingerprint density at radius 3 is 2.70 bits per heavy atom. The molecule has 1 amide bonds. The van der Waals surface area contributed by atoms with E-state index in [1.807, 2.05) is 36.4 Å². The molecule has 1 aliphatic rings. The number of imidazole rings is 1. The van der Waals surface area contributed by atoms with Crippen LogP contribution in [0.25, 0.3) is 4.96 Å². The molecular weight excluding hydrogens is 270 g/mol. The normalized spacial score (nSPS) is 16.8. The molecule has 0 atom stereocenters. The van der Waals surface area contributed by atoms with Crippen molar-refractivity contribution in [2.75, 3.05) is 7.05 Å². The Morgan fingerprint density at radius 2 is 2.05 bits per heavy atom. The van der Waals surface area contributed by atoms with Gasteiger partial charge in [0.15, 0.2) is 4.96 Å². The molecule has 2 heterocycles. The smallest absolute Gasteiger partial charge is 0.265 e. The van der Waals surface area contributed by atoms with Crippen molar-refractivity contribution in [1.29, 1.82) is 0 Å². The number of hydrogen-bond acceptors (Lipinski definition) is 3. The molecule has 0 spiro atoms. The Labute approximate surface area is 123 Å². The molecule has 1 aliphatic carbocycles. The summed E-state index contributed by atoms with van der Waals surface area (Å²) in [6.45, 7) is 3.99. The molecule has 2 aromatic rings. The minimum absolute atomic E-state index is 0.155. The third kappa shape index (κ3) is 2.24. The van der Waals surface area contributed by atoms with Gasteiger partial charge < -0.3 is 4.90 Å². The van der Waals surface area contributed by atoms with Crippen molar-refractivity contribution >= 4 is 22.2 Å². The molecule has 108 valence electrons. The van der Waals surface area contributed by atoms with Gasteiger partial charge in [-0.2, -0.15) is 0 Å². The van der Waals surface area contributed by atoms with Crippen molar-refractivity contribution in [3.8, 4) is 0 Å². The maximum atomic E-state index is 12.7. The number of aromatic nitrogens is 2. The number of thiazole rings is 1. The van der Waals surface area contributed by atoms with Gasteiger partial charge in [0.25, 0.3) is 5.91 Å². The minimum Gasteiger partial charge on any atom is -0.338 e. The Bertz CT molecular complexity index is 637. The first kappa shape index (κ1) is 13.6. The lowest BCUT2D eigenvalue weighted by Crippen LogP contribution is -2.38. The molecule has 0 aliphatic heterocycles. The summed E-state index contributed by atoms with van der Waals surface area (Å²) in [5.74, 6) is 0.155. The highest BCUT2D eigenvalue weighted by molar-refractivity contribution is 7.19. The van der Waals surface area contributed by atoms with Crippen LogP contribution in [-0.4, -0.2) is 33.3 Å². The molecule has 4 nitrogen and oxygen atoms in total. The number of carbonyl (C=O) groups excluding carboxylic acids is 1. The number of fused-ring (bicyclic) bond motifs is 1. The predicted octanol–water partition coefficient (Wildman–Crippen LogP) is 3.42. The molecule has 0 aromatic carbocycles. The van der Waals surface area contributed by atoms with Gasteiger partial charge in [0.05, 0.1) is 5.69 Å². The van der Waals surface area contributed by atoms with Crippen LogP contribution in [0.4, 0.5) is 0 Å². The number of amides is 1. The average molecular weight is 291 g/mol. The van der Waals surface area contributed by atoms with Crippen LogP contribution < -0.4 is 0 Å². The third-order valence-electron chi connectivity index (χ3n) is 4.31. The van der Waals surface area contributed by atoms with Gasteiger partial charge >= 0.3 is 0 Å². The molecule has 0 N–H and O–H groups in total. The first-order chi connectivity index (χ1) is 9.58. The largest absolute Gasteiger partial charge is 0.338 e. The molecule has 3 rings (SSSR count). The Hall–Kier alpha value is -1.36. The van der Waals surface area contributed by atoms with Crippen LogP contribution in [0, 0.1) is 13.8 Å². The summed E-state index contributed by atoms with van der Waals surface area (Å²) in [7, 11) is 1.95. The second-order valence-electron chi connectivity index (χ2n) is 5.76. The molecule has 1 saturated carbocycles. The van der Waals surface area contributed by atoms with Gasteiger partial charge in [-0.15, -0.1) is 0 Å². The Balaban J connectivity index is 1.87. The first-order valence-corrected chi connectivity index (χ1v) is 8.12. The van der Waals surface area contributed by atoms with Crippen molar-refractivity contribution in [3.63, 3.8) is 0 Å². The minimum atomic E-state index is 0.155. The van der Waals surface area contributed by atoms with Crippen LogP contribution in [0.5, 0.6) is 0 Å². The van der Waals surface area contributed by atoms with Crippen molar-refractivity contribution in [3.05, 3.63) is 22.5 Å². The van der Waals surface area contributed by atoms with Gasteiger partial charge in [-0.3, -0.25) is 9.20 Å². The zero-order valence-corrected chi connectivity index (χ0v) is 13.2. The molecule has 2 aromatic heterocycles. The van der Waals surface area contributed by atoms with Crippen LogP contribution in [0.15, 0.2) is 6.20 Å². The highest BCUT2D eigenvalue weighted by atomic mass is 32.1. The number of aryl methyl sites for hydroxylation is 2. The van der Waals surface area contributed by atoms with Crippen LogP contribution in [0.3, 0.4) is 0 Å². The molecule has 0 unspecified atom stereocenters. The average Bonchev–Trinajstić information content (AvgIpc) is 2.96. The van der Waals surface area contributed by atoms with Gasteiger partial charge in [0.1, 0.15) is 4.88 Å². The predicted molar refractivity (Wildman–Crippen MR) is 81.5 cm³/mol. The van der Waals surface area contributed by atoms with Crippen LogP contribution in [0.2, 0.25) is 0 Å². The number of carbonyl (C=O) groups is 1. The van der Waals surface area contributed by atoms with Crippen LogP contribution in [-0.2, 0) is 0 Å². The van der Waals surface area contributed by atoms with E-state index in [-0.39, 0.29) is 5.91 Å². The lowest BCUT2D eigenvalue weighted by molar-refractivity contribution is 0.0700. The number of nitrogens with zero attached hydrogens (tertiary/aromatic N) is 3. The lowest BCUT2D eigenvalue weighted by Gasteiger charge is -2.31. The fourth-order valence-corrected chi connectivity index (χ4v) is 4.19. The zero-order chi connectivity index (χ0) is 14.3. The van der Waals surface area contributed by atoms with Gasteiger partial charge in [-0.1, -0.05) is 30.6 Å². The molecule has 20 heavy (non-hydrogen) atoms. The van der Waals surface area contributed by atoms with E-state index in [2.05, 4.69) is 4.98 Å². The van der Waals surface area contributed by atoms with Crippen LogP contribution >= 0.6 is 11.3 Å². The standard InChI is InChI=1S/C15H21N3OS/c1-10-9-18-11(2)13(20-15(18)16-10)14(19)17(3)12-7-5-4-6-8-12/h9,12H,4-8H2,1-3H3. The second-order valence-corrected chi connectivity index (χ2v) is 6.74. The highest BCUT2D eigenvalue weighted by Crippen LogP contribution is 2.27. The van der Waals surface area contributed by atoms with Crippen LogP contribution in [0.1, 0.15) is 53.2 Å². The maximum Gasteiger partial charge on any atom is 0.265 e. The Morgan fingerprint density at radius 1 is 1.35 bits per heavy atom. The van der Waals surface area contributed by atoms with Crippen molar-refractivity contribution < 1.29 is 4.79 Å². The van der Waals surface area contributed by atoms with Gasteiger partial charge in [0, 0.05) is 25.0 Å². The fraction of sp³-hybridized carbons (Fsp3) is 0.600. The molecule has 0 bridgehead atoms. The molecule has 1 fully saturated rings. The monoisotopic (exact) mass is 291 g/mol. The quantitative estimate of drug-likeness (QED) is 0.850. The summed E-state index contributed by atoms with van der Waals surface area (Å²) in [4.78, 5) is 20.9. The van der Waals surface area contributed by atoms with E-state index in [1.54, 1.807) is 0 Å². The third-order valence-corrected chi connectivity index (χ3v) is 5.46. The summed E-state index contributed by atoms with van der Waals surface area (Å²) < 4.78 is 2.03. The number of hydrogen-bond donors (Lipinski definition) is 0. The summed E-state index contributed by atoms with van der Waals surface area (Å²) in [5.41, 5.74) is 2.01. The molecule has 0 saturated heterocycles. The SMILES string of the molecule is Cc1cn2c(C)c(C(=O)N(C)C3CCCCC3)sc2n1. The van der Waals surface area contributed by atoms with E-state index in [4.69, 9.17) is 0 Å². The van der Waals surface area contributed by atoms with Gasteiger partial charge in [-0.05, 0) is 26.7 Å². The van der Waals surface area contributed by atoms with E-state index in [0.717, 1.165) is 34.1 Å². The summed E-state index contributed by atoms with van der Waals surface area (Å²) in [6.07, 6.45) is 8.08. The first-order valence-electron chi connectivity index (χ1n) is 7.30. The van der Waals surface area contributed by atoms with E-state index in [1.165, 1.54) is 30.6 Å². The summed E-state index contributed by atoms with van der Waals surface area (Å²) in [6, 6.07) is 0.409. The molecule has 0 radical (unpaired) electrons. The van der Waals surface area contributed by atoms with E-state index >= 15 is 0 Å². The van der Waals surface area contributed by atoms with E-state index in [9.17, 15) is 4.79 Å². The highest BCUT2D eigenvalue weighted by Gasteiger charge is 2.26. The van der Waals surface area contributed by atoms with E-state index < -0.39 is 0 Å². The summed E-state index contributed by atoms with van der Waals surface area (Å²) >= 11 is 1.51. The summed E-state index contributed by atoms with van der Waals surface area (Å²) in [5, 5.41) is 0. The maximum absolute atomic E-state index is 12.7. The second kappa shape index (κ2) is 5.20. The zero-order valence-electron chi connectivity index (χ0n) is 12.3. The van der Waals surface area contributed by atoms with Crippen molar-refractivity contribution in [2.24, 2.45) is 0 Å². The Kier molecular flexibility index (Phi) is 3.54. The molecule has 5 heteroatoms. The van der Waals surface area contributed by atoms with E-state index in [0.29, 0.717) is 6.04 Å². The lowest BCUT2D eigenvalue weighted by atomic mass is 9.94. The fourth-order valence-electron chi connectivity index (χ4n) is 3.06. The topological polar surface area (TPSA) is 37.6 Å².